The zero-order chi connectivity index (χ0) is 30.3. The van der Waals surface area contributed by atoms with E-state index in [1.165, 1.54) is 0 Å². The molecule has 0 saturated carbocycles. The minimum atomic E-state index is -8.77. The maximum absolute atomic E-state index is 14.0. The van der Waals surface area contributed by atoms with Crippen LogP contribution in [0.2, 0.25) is 0 Å². The molecule has 22 heteroatoms. The zero-order valence-electron chi connectivity index (χ0n) is 17.4. The molecule has 0 aliphatic carbocycles. The number of rotatable bonds is 13. The highest BCUT2D eigenvalue weighted by Gasteiger charge is 2.95. The zero-order valence-corrected chi connectivity index (χ0v) is 18.2. The molecule has 0 aliphatic heterocycles. The molecule has 1 atom stereocenters. The quantitative estimate of drug-likeness (QED) is 0.154. The molecule has 220 valence electrons. The number of carbonyl (C=O) groups is 1. The second-order valence-electron chi connectivity index (χ2n) is 6.60. The standard InChI is InChI=1S/C15H12F17NO3S/c1-3-7(34)36-6-5-33(4-2)37(35)15(31,32)13(26,27)11(22,23)9(18,19)8(16,17)10(20,21)12(24,25)14(28,29)30/h3H,1,4-6H2,2H3. The Labute approximate surface area is 197 Å². The first-order chi connectivity index (χ1) is 16.1. The predicted molar refractivity (Wildman–Crippen MR) is 87.2 cm³/mol. The molecule has 0 aliphatic rings. The predicted octanol–water partition coefficient (Wildman–Crippen LogP) is 5.67. The second-order valence-corrected chi connectivity index (χ2v) is 8.13. The Kier molecular flexibility index (Phi) is 9.84. The molecule has 0 heterocycles. The summed E-state index contributed by atoms with van der Waals surface area (Å²) >= 11 is 0. The minimum absolute atomic E-state index is 0.455. The van der Waals surface area contributed by atoms with Gasteiger partial charge in [-0.1, -0.05) is 13.5 Å². The first kappa shape index (κ1) is 35.1. The Morgan fingerprint density at radius 3 is 1.41 bits per heavy atom. The molecule has 0 amide bonds. The van der Waals surface area contributed by atoms with Crippen molar-refractivity contribution >= 4 is 17.0 Å². The van der Waals surface area contributed by atoms with Gasteiger partial charge in [-0.15, -0.1) is 0 Å². The monoisotopic (exact) mass is 609 g/mol. The van der Waals surface area contributed by atoms with Crippen LogP contribution in [0.1, 0.15) is 6.92 Å². The van der Waals surface area contributed by atoms with E-state index in [-0.39, 0.29) is 0 Å². The van der Waals surface area contributed by atoms with Crippen LogP contribution in [0.25, 0.3) is 0 Å². The van der Waals surface area contributed by atoms with Crippen molar-refractivity contribution < 1.29 is 88.4 Å². The van der Waals surface area contributed by atoms with E-state index in [0.717, 1.165) is 0 Å². The molecular weight excluding hydrogens is 597 g/mol. The molecule has 0 radical (unpaired) electrons. The van der Waals surface area contributed by atoms with E-state index in [0.29, 0.717) is 13.0 Å². The second kappa shape index (κ2) is 10.4. The number of likely N-dealkylation sites (N-methyl/N-ethyl adjacent to an activating group) is 1. The first-order valence-corrected chi connectivity index (χ1v) is 9.86. The number of nitrogens with zero attached hydrogens (tertiary/aromatic N) is 1. The average molecular weight is 609 g/mol. The lowest BCUT2D eigenvalue weighted by molar-refractivity contribution is -0.458. The van der Waals surface area contributed by atoms with E-state index in [4.69, 9.17) is 0 Å². The maximum Gasteiger partial charge on any atom is 0.460 e. The summed E-state index contributed by atoms with van der Waals surface area (Å²) in [6.45, 7) is -0.0359. The number of alkyl halides is 17. The van der Waals surface area contributed by atoms with Crippen LogP contribution in [0.4, 0.5) is 74.6 Å². The number of halogens is 17. The van der Waals surface area contributed by atoms with E-state index in [2.05, 4.69) is 11.3 Å². The third kappa shape index (κ3) is 5.35. The fourth-order valence-corrected chi connectivity index (χ4v) is 3.23. The minimum Gasteiger partial charge on any atom is -0.461 e. The summed E-state index contributed by atoms with van der Waals surface area (Å²) in [5.74, 6) is -52.3. The largest absolute Gasteiger partial charge is 0.461 e. The van der Waals surface area contributed by atoms with Crippen molar-refractivity contribution in [3.63, 3.8) is 0 Å². The maximum atomic E-state index is 14.0. The Hall–Kier alpha value is -1.87. The topological polar surface area (TPSA) is 46.6 Å². The van der Waals surface area contributed by atoms with Gasteiger partial charge in [0.1, 0.15) is 6.61 Å². The molecule has 0 fully saturated rings. The fourth-order valence-electron chi connectivity index (χ4n) is 2.09. The number of hydrogen-bond donors (Lipinski definition) is 0. The number of hydrogen-bond acceptors (Lipinski definition) is 3. The van der Waals surface area contributed by atoms with Crippen LogP contribution in [-0.2, 0) is 20.5 Å². The van der Waals surface area contributed by atoms with Crippen LogP contribution in [0, 0.1) is 0 Å². The van der Waals surface area contributed by atoms with Gasteiger partial charge >= 0.3 is 52.9 Å². The molecular formula is C15H12F17NO3S. The van der Waals surface area contributed by atoms with Gasteiger partial charge in [0.25, 0.3) is 0 Å². The number of carbonyl (C=O) groups excluding carboxylic acids is 1. The molecule has 37 heavy (non-hydrogen) atoms. The van der Waals surface area contributed by atoms with Crippen molar-refractivity contribution in [2.24, 2.45) is 0 Å². The van der Waals surface area contributed by atoms with Crippen molar-refractivity contribution in [2.75, 3.05) is 19.7 Å². The van der Waals surface area contributed by atoms with Crippen LogP contribution >= 0.6 is 0 Å². The summed E-state index contributed by atoms with van der Waals surface area (Å²) in [4.78, 5) is 10.8. The summed E-state index contributed by atoms with van der Waals surface area (Å²) in [5.41, 5.74) is 0. The Balaban J connectivity index is 6.58. The van der Waals surface area contributed by atoms with Crippen molar-refractivity contribution in [2.45, 2.75) is 53.9 Å². The van der Waals surface area contributed by atoms with E-state index in [1.807, 2.05) is 0 Å². The first-order valence-electron chi connectivity index (χ1n) is 8.75. The lowest BCUT2D eigenvalue weighted by Crippen LogP contribution is -2.75. The average Bonchev–Trinajstić information content (AvgIpc) is 2.74. The SMILES string of the molecule is C=CC(=O)OCCN(CC)S(=O)C(F)(F)C(F)(F)C(F)(F)C(F)(F)C(F)(F)C(F)(F)C(F)(F)C(F)(F)F. The Bertz CT molecular complexity index is 870. The van der Waals surface area contributed by atoms with Crippen LogP contribution in [0.5, 0.6) is 0 Å². The van der Waals surface area contributed by atoms with Gasteiger partial charge in [-0.25, -0.2) is 13.3 Å². The van der Waals surface area contributed by atoms with Crippen LogP contribution < -0.4 is 0 Å². The summed E-state index contributed by atoms with van der Waals surface area (Å²) in [5, 5.41) is -7.10. The highest BCUT2D eigenvalue weighted by molar-refractivity contribution is 7.83. The lowest BCUT2D eigenvalue weighted by Gasteiger charge is -2.42. The van der Waals surface area contributed by atoms with Crippen molar-refractivity contribution in [3.05, 3.63) is 12.7 Å². The number of esters is 1. The van der Waals surface area contributed by atoms with Gasteiger partial charge in [0, 0.05) is 19.2 Å². The molecule has 0 N–H and O–H groups in total. The van der Waals surface area contributed by atoms with Crippen molar-refractivity contribution in [3.8, 4) is 0 Å². The lowest BCUT2D eigenvalue weighted by atomic mass is 9.91. The van der Waals surface area contributed by atoms with Gasteiger partial charge in [0.15, 0.2) is 11.0 Å². The van der Waals surface area contributed by atoms with E-state index in [1.54, 1.807) is 0 Å². The molecule has 0 aromatic rings. The van der Waals surface area contributed by atoms with Crippen molar-refractivity contribution in [1.29, 1.82) is 0 Å². The van der Waals surface area contributed by atoms with E-state index < -0.39 is 87.9 Å². The number of ether oxygens (including phenoxy) is 1. The molecule has 1 unspecified atom stereocenters. The van der Waals surface area contributed by atoms with Gasteiger partial charge in [0.05, 0.1) is 0 Å². The highest BCUT2D eigenvalue weighted by atomic mass is 32.2. The summed E-state index contributed by atoms with van der Waals surface area (Å²) in [7, 11) is -4.96. The van der Waals surface area contributed by atoms with Gasteiger partial charge in [-0.3, -0.25) is 0 Å². The van der Waals surface area contributed by atoms with Crippen molar-refractivity contribution in [1.82, 2.24) is 4.31 Å². The van der Waals surface area contributed by atoms with E-state index >= 15 is 0 Å². The molecule has 0 aromatic heterocycles. The van der Waals surface area contributed by atoms with Gasteiger partial charge in [-0.05, 0) is 0 Å². The molecule has 0 aromatic carbocycles. The van der Waals surface area contributed by atoms with E-state index in [9.17, 15) is 83.6 Å². The van der Waals surface area contributed by atoms with Gasteiger partial charge in [0.2, 0.25) is 0 Å². The van der Waals surface area contributed by atoms with Gasteiger partial charge in [-0.2, -0.15) is 74.6 Å². The van der Waals surface area contributed by atoms with Crippen LogP contribution in [0.3, 0.4) is 0 Å². The summed E-state index contributed by atoms with van der Waals surface area (Å²) in [6.07, 6.45) is -7.40. The third-order valence-electron chi connectivity index (χ3n) is 4.25. The molecule has 0 saturated heterocycles. The third-order valence-corrected chi connectivity index (χ3v) is 5.86. The Morgan fingerprint density at radius 2 is 1.08 bits per heavy atom. The summed E-state index contributed by atoms with van der Waals surface area (Å²) < 4.78 is 241. The molecule has 4 nitrogen and oxygen atoms in total. The summed E-state index contributed by atoms with van der Waals surface area (Å²) in [6, 6.07) is 0. The smallest absolute Gasteiger partial charge is 0.460 e. The van der Waals surface area contributed by atoms with Crippen LogP contribution in [-0.4, -0.2) is 81.1 Å². The molecule has 0 rings (SSSR count). The highest BCUT2D eigenvalue weighted by Crippen LogP contribution is 2.64. The fraction of sp³-hybridized carbons (Fsp3) is 0.800. The van der Waals surface area contributed by atoms with Crippen LogP contribution in [0.15, 0.2) is 12.7 Å². The van der Waals surface area contributed by atoms with Gasteiger partial charge < -0.3 is 4.74 Å². The normalized spacial score (nSPS) is 16.1. The Morgan fingerprint density at radius 1 is 0.730 bits per heavy atom. The molecule has 0 bridgehead atoms. The molecule has 0 spiro atoms.